The molecule has 0 bridgehead atoms. The zero-order valence-corrected chi connectivity index (χ0v) is 13.9. The summed E-state index contributed by atoms with van der Waals surface area (Å²) in [6, 6.07) is 4.01. The Balaban J connectivity index is 0.00000200. The zero-order valence-electron chi connectivity index (χ0n) is 12.4. The highest BCUT2D eigenvalue weighted by Gasteiger charge is 2.13. The molecule has 2 rings (SSSR count). The number of likely N-dealkylation sites (N-methyl/N-ethyl adjacent to an activating group) is 1. The zero-order chi connectivity index (χ0) is 13.7. The Bertz CT molecular complexity index is 438. The van der Waals surface area contributed by atoms with E-state index in [-0.39, 0.29) is 12.4 Å². The molecule has 0 atom stereocenters. The van der Waals surface area contributed by atoms with Crippen LogP contribution in [-0.4, -0.2) is 30.5 Å². The number of pyridine rings is 1. The predicted octanol–water partition coefficient (Wildman–Crippen LogP) is 4.83. The molecule has 0 saturated carbocycles. The maximum atomic E-state index is 5.89. The first-order valence-corrected chi connectivity index (χ1v) is 7.52. The summed E-state index contributed by atoms with van der Waals surface area (Å²) in [4.78, 5) is 6.50. The van der Waals surface area contributed by atoms with E-state index < -0.39 is 0 Å². The first-order chi connectivity index (χ1) is 9.16. The van der Waals surface area contributed by atoms with Crippen molar-refractivity contribution in [1.82, 2.24) is 9.88 Å². The largest absolute Gasteiger partial charge is 0.305 e. The van der Waals surface area contributed by atoms with Gasteiger partial charge in [-0.1, -0.05) is 36.1 Å². The molecule has 0 amide bonds. The van der Waals surface area contributed by atoms with Gasteiger partial charge in [0.1, 0.15) is 5.15 Å². The van der Waals surface area contributed by atoms with Crippen molar-refractivity contribution < 1.29 is 0 Å². The average molecular weight is 315 g/mol. The molecule has 112 valence electrons. The van der Waals surface area contributed by atoms with Gasteiger partial charge < -0.3 is 4.90 Å². The Kier molecular flexibility index (Phi) is 7.57. The number of hydrogen-bond acceptors (Lipinski definition) is 2. The van der Waals surface area contributed by atoms with Gasteiger partial charge in [-0.15, -0.1) is 12.4 Å². The molecule has 0 spiro atoms. The molecule has 1 aliphatic rings. The third kappa shape index (κ3) is 5.08. The lowest BCUT2D eigenvalue weighted by Crippen LogP contribution is -2.17. The fourth-order valence-electron chi connectivity index (χ4n) is 2.78. The van der Waals surface area contributed by atoms with Crippen molar-refractivity contribution in [2.24, 2.45) is 0 Å². The van der Waals surface area contributed by atoms with E-state index in [0.29, 0.717) is 5.15 Å². The van der Waals surface area contributed by atoms with E-state index in [0.717, 1.165) is 6.54 Å². The second-order valence-corrected chi connectivity index (χ2v) is 5.99. The van der Waals surface area contributed by atoms with Crippen LogP contribution in [0.5, 0.6) is 0 Å². The normalized spacial score (nSPS) is 20.2. The Hall–Kier alpha value is -0.570. The van der Waals surface area contributed by atoms with Crippen LogP contribution in [0.15, 0.2) is 23.9 Å². The summed E-state index contributed by atoms with van der Waals surface area (Å²) < 4.78 is 0. The van der Waals surface area contributed by atoms with Gasteiger partial charge in [-0.05, 0) is 57.0 Å². The van der Waals surface area contributed by atoms with Crippen molar-refractivity contribution in [3.63, 3.8) is 0 Å². The van der Waals surface area contributed by atoms with Gasteiger partial charge in [0.2, 0.25) is 0 Å². The molecule has 0 N–H and O–H groups in total. The van der Waals surface area contributed by atoms with Gasteiger partial charge in [0.05, 0.1) is 0 Å². The second kappa shape index (κ2) is 8.66. The molecule has 0 unspecified atom stereocenters. The van der Waals surface area contributed by atoms with Crippen LogP contribution in [-0.2, 0) is 0 Å². The minimum atomic E-state index is 0. The van der Waals surface area contributed by atoms with Crippen molar-refractivity contribution >= 4 is 29.6 Å². The molecule has 2 nitrogen and oxygen atoms in total. The van der Waals surface area contributed by atoms with Gasteiger partial charge in [0.25, 0.3) is 0 Å². The van der Waals surface area contributed by atoms with Crippen LogP contribution in [0.2, 0.25) is 5.15 Å². The van der Waals surface area contributed by atoms with Crippen LogP contribution in [0.3, 0.4) is 0 Å². The quantitative estimate of drug-likeness (QED) is 0.743. The van der Waals surface area contributed by atoms with Gasteiger partial charge >= 0.3 is 0 Å². The number of halogens is 2. The van der Waals surface area contributed by atoms with E-state index >= 15 is 0 Å². The highest BCUT2D eigenvalue weighted by Crippen LogP contribution is 2.30. The van der Waals surface area contributed by atoms with Crippen molar-refractivity contribution in [3.8, 4) is 0 Å². The van der Waals surface area contributed by atoms with Gasteiger partial charge in [0, 0.05) is 12.7 Å². The van der Waals surface area contributed by atoms with Gasteiger partial charge in [-0.2, -0.15) is 0 Å². The van der Waals surface area contributed by atoms with Crippen LogP contribution < -0.4 is 0 Å². The second-order valence-electron chi connectivity index (χ2n) is 5.60. The SMILES string of the molecule is CN(C)C/C1=C(\c2ccc(Cl)nc2)CCCCCC1.Cl. The fraction of sp³-hybridized carbons (Fsp3) is 0.562. The average Bonchev–Trinajstić information content (AvgIpc) is 2.34. The summed E-state index contributed by atoms with van der Waals surface area (Å²) in [5.74, 6) is 0. The number of nitrogens with zero attached hydrogens (tertiary/aromatic N) is 2. The van der Waals surface area contributed by atoms with Gasteiger partial charge in [0.15, 0.2) is 0 Å². The lowest BCUT2D eigenvalue weighted by atomic mass is 9.89. The Morgan fingerprint density at radius 2 is 1.80 bits per heavy atom. The number of hydrogen-bond donors (Lipinski definition) is 0. The highest BCUT2D eigenvalue weighted by molar-refractivity contribution is 6.29. The molecule has 1 heterocycles. The topological polar surface area (TPSA) is 16.1 Å². The molecular weight excluding hydrogens is 291 g/mol. The number of rotatable bonds is 3. The van der Waals surface area contributed by atoms with E-state index in [2.05, 4.69) is 30.0 Å². The molecule has 1 aromatic rings. The first-order valence-electron chi connectivity index (χ1n) is 7.14. The molecule has 0 radical (unpaired) electrons. The van der Waals surface area contributed by atoms with Crippen molar-refractivity contribution in [2.45, 2.75) is 38.5 Å². The standard InChI is InChI=1S/C16H23ClN2.ClH/c1-19(2)12-14-7-5-3-4-6-8-15(14)13-9-10-16(17)18-11-13;/h9-11H,3-8,12H2,1-2H3;1H/b15-14-;. The monoisotopic (exact) mass is 314 g/mol. The minimum absolute atomic E-state index is 0. The van der Waals surface area contributed by atoms with Crippen molar-refractivity contribution in [3.05, 3.63) is 34.6 Å². The summed E-state index contributed by atoms with van der Waals surface area (Å²) in [6.07, 6.45) is 9.63. The molecule has 0 fully saturated rings. The van der Waals surface area contributed by atoms with Crippen LogP contribution >= 0.6 is 24.0 Å². The molecule has 0 aliphatic heterocycles. The van der Waals surface area contributed by atoms with E-state index in [1.165, 1.54) is 49.7 Å². The molecule has 1 aliphatic carbocycles. The summed E-state index contributed by atoms with van der Waals surface area (Å²) in [5.41, 5.74) is 4.33. The number of allylic oxidation sites excluding steroid dienone is 1. The van der Waals surface area contributed by atoms with Gasteiger partial charge in [-0.3, -0.25) is 0 Å². The Morgan fingerprint density at radius 3 is 2.40 bits per heavy atom. The summed E-state index contributed by atoms with van der Waals surface area (Å²) in [5, 5.41) is 0.573. The van der Waals surface area contributed by atoms with Crippen molar-refractivity contribution in [2.75, 3.05) is 20.6 Å². The molecular formula is C16H24Cl2N2. The third-order valence-corrected chi connectivity index (χ3v) is 3.89. The highest BCUT2D eigenvalue weighted by atomic mass is 35.5. The lowest BCUT2D eigenvalue weighted by molar-refractivity contribution is 0.435. The predicted molar refractivity (Wildman–Crippen MR) is 89.7 cm³/mol. The van der Waals surface area contributed by atoms with E-state index in [4.69, 9.17) is 11.6 Å². The molecule has 20 heavy (non-hydrogen) atoms. The molecule has 0 saturated heterocycles. The Morgan fingerprint density at radius 1 is 1.10 bits per heavy atom. The van der Waals surface area contributed by atoms with E-state index in [9.17, 15) is 0 Å². The number of aromatic nitrogens is 1. The lowest BCUT2D eigenvalue weighted by Gasteiger charge is -2.21. The summed E-state index contributed by atoms with van der Waals surface area (Å²) >= 11 is 5.89. The maximum absolute atomic E-state index is 5.89. The van der Waals surface area contributed by atoms with Crippen LogP contribution in [0.4, 0.5) is 0 Å². The smallest absolute Gasteiger partial charge is 0.129 e. The van der Waals surface area contributed by atoms with E-state index in [1.54, 1.807) is 5.57 Å². The molecule has 1 aromatic heterocycles. The van der Waals surface area contributed by atoms with Crippen molar-refractivity contribution in [1.29, 1.82) is 0 Å². The third-order valence-electron chi connectivity index (χ3n) is 3.67. The van der Waals surface area contributed by atoms with Gasteiger partial charge in [-0.25, -0.2) is 4.98 Å². The first kappa shape index (κ1) is 17.5. The molecule has 4 heteroatoms. The maximum Gasteiger partial charge on any atom is 0.129 e. The Labute approximate surface area is 133 Å². The molecule has 0 aromatic carbocycles. The van der Waals surface area contributed by atoms with Crippen LogP contribution in [0.1, 0.15) is 44.1 Å². The van der Waals surface area contributed by atoms with Crippen LogP contribution in [0.25, 0.3) is 5.57 Å². The summed E-state index contributed by atoms with van der Waals surface area (Å²) in [6.45, 7) is 1.05. The van der Waals surface area contributed by atoms with Crippen LogP contribution in [0, 0.1) is 0 Å². The van der Waals surface area contributed by atoms with E-state index in [1.807, 2.05) is 12.3 Å². The fourth-order valence-corrected chi connectivity index (χ4v) is 2.89. The minimum Gasteiger partial charge on any atom is -0.305 e. The summed E-state index contributed by atoms with van der Waals surface area (Å²) in [7, 11) is 4.28.